The molecule has 3 unspecified atom stereocenters. The van der Waals surface area contributed by atoms with Crippen LogP contribution in [0.3, 0.4) is 0 Å². The molecule has 7 nitrogen and oxygen atoms in total. The Bertz CT molecular complexity index is 797. The highest BCUT2D eigenvalue weighted by molar-refractivity contribution is 9.10. The summed E-state index contributed by atoms with van der Waals surface area (Å²) >= 11 is 2.35. The van der Waals surface area contributed by atoms with Crippen LogP contribution in [0, 0.1) is 0 Å². The van der Waals surface area contributed by atoms with Gasteiger partial charge in [0.2, 0.25) is 0 Å². The maximum Gasteiger partial charge on any atom is 0.407 e. The topological polar surface area (TPSA) is 92.9 Å². The van der Waals surface area contributed by atoms with Gasteiger partial charge < -0.3 is 19.0 Å². The first-order valence-corrected chi connectivity index (χ1v) is 9.99. The number of hydrogen-bond donors (Lipinski definition) is 1. The fourth-order valence-electron chi connectivity index (χ4n) is 3.63. The maximum absolute atomic E-state index is 11.7. The van der Waals surface area contributed by atoms with Crippen LogP contribution in [-0.2, 0) is 11.2 Å². The largest absolute Gasteiger partial charge is 0.612 e. The second-order valence-corrected chi connectivity index (χ2v) is 8.42. The molecule has 2 fully saturated rings. The zero-order valence-electron chi connectivity index (χ0n) is 12.9. The summed E-state index contributed by atoms with van der Waals surface area (Å²) < 4.78 is 18.3. The molecule has 3 heterocycles. The van der Waals surface area contributed by atoms with Gasteiger partial charge in [0.15, 0.2) is 10.5 Å². The van der Waals surface area contributed by atoms with Gasteiger partial charge in [-0.25, -0.2) is 4.79 Å². The average Bonchev–Trinajstić information content (AvgIpc) is 3.07. The molecule has 2 bridgehead atoms. The molecule has 0 spiro atoms. The first-order chi connectivity index (χ1) is 11.4. The summed E-state index contributed by atoms with van der Waals surface area (Å²) in [5, 5.41) is 9.34. The molecule has 4 rings (SSSR count). The van der Waals surface area contributed by atoms with Crippen molar-refractivity contribution in [1.29, 1.82) is 0 Å². The summed E-state index contributed by atoms with van der Waals surface area (Å²) in [5.41, 5.74) is 1.27. The smallest absolute Gasteiger partial charge is 0.407 e. The maximum atomic E-state index is 11.7. The van der Waals surface area contributed by atoms with E-state index >= 15 is 0 Å². The highest BCUT2D eigenvalue weighted by Crippen LogP contribution is 2.35. The Morgan fingerprint density at radius 2 is 2.08 bits per heavy atom. The summed E-state index contributed by atoms with van der Waals surface area (Å²) in [7, 11) is 0. The first-order valence-electron chi connectivity index (χ1n) is 7.63. The Morgan fingerprint density at radius 1 is 1.42 bits per heavy atom. The third-order valence-corrected chi connectivity index (χ3v) is 6.20. The van der Waals surface area contributed by atoms with Gasteiger partial charge in [-0.3, -0.25) is 4.90 Å². The number of benzene rings is 1. The van der Waals surface area contributed by atoms with Crippen LogP contribution in [0.15, 0.2) is 25.9 Å². The zero-order valence-corrected chi connectivity index (χ0v) is 15.3. The molecule has 3 atom stereocenters. The lowest BCUT2D eigenvalue weighted by molar-refractivity contribution is 0.114. The van der Waals surface area contributed by atoms with Gasteiger partial charge in [0.1, 0.15) is 11.8 Å². The fraction of sp³-hybridized carbons (Fsp3) is 0.467. The normalized spacial score (nSPS) is 24.6. The lowest BCUT2D eigenvalue weighted by Gasteiger charge is -2.38. The molecular weight excluding hydrogens is 398 g/mol. The highest BCUT2D eigenvalue weighted by atomic mass is 79.9. The van der Waals surface area contributed by atoms with Gasteiger partial charge >= 0.3 is 6.09 Å². The van der Waals surface area contributed by atoms with Crippen LogP contribution in [0.1, 0.15) is 12.8 Å². The molecule has 0 saturated carbocycles. The third-order valence-electron chi connectivity index (χ3n) is 4.71. The lowest BCUT2D eigenvalue weighted by atomic mass is 10.2. The molecular formula is C15H16BrN3O4S. The predicted molar refractivity (Wildman–Crippen MR) is 92.9 cm³/mol. The summed E-state index contributed by atoms with van der Waals surface area (Å²) in [6.45, 7) is 1.17. The molecule has 128 valence electrons. The summed E-state index contributed by atoms with van der Waals surface area (Å²) in [6.07, 6.45) is 2.52. The van der Waals surface area contributed by atoms with Crippen molar-refractivity contribution in [1.82, 2.24) is 9.88 Å². The number of rotatable bonds is 2. The lowest BCUT2D eigenvalue weighted by Crippen LogP contribution is -2.55. The minimum Gasteiger partial charge on any atom is -0.612 e. The van der Waals surface area contributed by atoms with Crippen molar-refractivity contribution in [2.45, 2.75) is 29.8 Å². The van der Waals surface area contributed by atoms with Gasteiger partial charge in [0.25, 0.3) is 6.01 Å². The molecule has 1 amide bonds. The van der Waals surface area contributed by atoms with E-state index in [4.69, 9.17) is 4.42 Å². The van der Waals surface area contributed by atoms with Gasteiger partial charge in [0.05, 0.1) is 16.6 Å². The van der Waals surface area contributed by atoms with Gasteiger partial charge in [-0.1, -0.05) is 0 Å². The number of piperazine rings is 1. The van der Waals surface area contributed by atoms with Gasteiger partial charge in [-0.2, -0.15) is 4.98 Å². The number of nitrogens with zero attached hydrogens (tertiary/aromatic N) is 3. The number of halogens is 1. The van der Waals surface area contributed by atoms with E-state index in [-0.39, 0.29) is 12.1 Å². The number of anilines is 1. The molecule has 9 heteroatoms. The van der Waals surface area contributed by atoms with E-state index < -0.39 is 17.3 Å². The molecule has 2 aliphatic rings. The SMILES string of the molecule is C[S+]([O-])c1cc(Br)c2oc(N3CC4CCC(C3)N4C(=O)O)nc2c1. The molecule has 0 aliphatic carbocycles. The van der Waals surface area contributed by atoms with Crippen molar-refractivity contribution in [3.63, 3.8) is 0 Å². The molecule has 2 aromatic rings. The minimum atomic E-state index is -1.10. The van der Waals surface area contributed by atoms with E-state index in [1.165, 1.54) is 0 Å². The van der Waals surface area contributed by atoms with Crippen LogP contribution < -0.4 is 4.90 Å². The van der Waals surface area contributed by atoms with E-state index in [2.05, 4.69) is 20.9 Å². The number of carboxylic acid groups (broad SMARTS) is 1. The van der Waals surface area contributed by atoms with Crippen LogP contribution >= 0.6 is 15.9 Å². The van der Waals surface area contributed by atoms with Gasteiger partial charge in [-0.05, 0) is 39.9 Å². The summed E-state index contributed by atoms with van der Waals surface area (Å²) in [5.74, 6) is 0. The molecule has 1 aromatic carbocycles. The number of carbonyl (C=O) groups is 1. The van der Waals surface area contributed by atoms with Crippen molar-refractivity contribution < 1.29 is 18.9 Å². The number of oxazole rings is 1. The van der Waals surface area contributed by atoms with E-state index in [0.29, 0.717) is 35.1 Å². The molecule has 1 N–H and O–H groups in total. The first kappa shape index (κ1) is 16.0. The van der Waals surface area contributed by atoms with E-state index in [9.17, 15) is 14.5 Å². The Labute approximate surface area is 149 Å². The molecule has 2 saturated heterocycles. The summed E-state index contributed by atoms with van der Waals surface area (Å²) in [4.78, 5) is 20.2. The van der Waals surface area contributed by atoms with Gasteiger partial charge in [-0.15, -0.1) is 0 Å². The molecule has 24 heavy (non-hydrogen) atoms. The fourth-order valence-corrected chi connectivity index (χ4v) is 4.87. The Kier molecular flexibility index (Phi) is 3.89. The van der Waals surface area contributed by atoms with Crippen molar-refractivity contribution in [2.24, 2.45) is 0 Å². The number of hydrogen-bond acceptors (Lipinski definition) is 5. The van der Waals surface area contributed by atoms with Crippen molar-refractivity contribution in [3.8, 4) is 0 Å². The van der Waals surface area contributed by atoms with Crippen LogP contribution in [-0.4, -0.2) is 57.1 Å². The Balaban J connectivity index is 1.66. The second-order valence-electron chi connectivity index (χ2n) is 6.18. The number of amides is 1. The Hall–Kier alpha value is -1.45. The number of fused-ring (bicyclic) bond motifs is 3. The predicted octanol–water partition coefficient (Wildman–Crippen LogP) is 2.66. The Morgan fingerprint density at radius 3 is 2.67 bits per heavy atom. The molecule has 1 aromatic heterocycles. The van der Waals surface area contributed by atoms with Gasteiger partial charge in [0, 0.05) is 25.2 Å². The standard InChI is InChI=1S/C15H16BrN3O4S/c1-24(22)10-4-11(16)13-12(5-10)17-14(23-13)18-6-8-2-3-9(7-18)19(8)15(20)21/h4-5,8-9H,2-3,6-7H2,1H3,(H,20,21). The van der Waals surface area contributed by atoms with Crippen LogP contribution in [0.2, 0.25) is 0 Å². The van der Waals surface area contributed by atoms with E-state index in [0.717, 1.165) is 17.3 Å². The van der Waals surface area contributed by atoms with Crippen molar-refractivity contribution >= 4 is 50.3 Å². The molecule has 0 radical (unpaired) electrons. The number of aromatic nitrogens is 1. The van der Waals surface area contributed by atoms with Crippen molar-refractivity contribution in [3.05, 3.63) is 16.6 Å². The van der Waals surface area contributed by atoms with Crippen LogP contribution in [0.25, 0.3) is 11.1 Å². The van der Waals surface area contributed by atoms with E-state index in [1.807, 2.05) is 4.90 Å². The zero-order chi connectivity index (χ0) is 17.0. The van der Waals surface area contributed by atoms with Crippen molar-refractivity contribution in [2.75, 3.05) is 24.2 Å². The minimum absolute atomic E-state index is 0.0154. The van der Waals surface area contributed by atoms with Crippen LogP contribution in [0.4, 0.5) is 10.8 Å². The summed E-state index contributed by atoms with van der Waals surface area (Å²) in [6, 6.07) is 4.01. The average molecular weight is 414 g/mol. The van der Waals surface area contributed by atoms with E-state index in [1.54, 1.807) is 23.3 Å². The monoisotopic (exact) mass is 413 g/mol. The second kappa shape index (κ2) is 5.82. The quantitative estimate of drug-likeness (QED) is 0.760. The molecule has 2 aliphatic heterocycles. The third kappa shape index (κ3) is 2.55. The highest BCUT2D eigenvalue weighted by Gasteiger charge is 2.43. The van der Waals surface area contributed by atoms with Crippen LogP contribution in [0.5, 0.6) is 0 Å².